The van der Waals surface area contributed by atoms with Crippen molar-refractivity contribution in [3.8, 4) is 0 Å². The minimum absolute atomic E-state index is 0.269. The van der Waals surface area contributed by atoms with Crippen LogP contribution in [0.4, 0.5) is 16.8 Å². The molecule has 0 aromatic carbocycles. The third-order valence-electron chi connectivity index (χ3n) is 3.85. The lowest BCUT2D eigenvalue weighted by Gasteiger charge is -2.16. The number of carbonyl (C=O) groups excluding carboxylic acids is 1. The highest BCUT2D eigenvalue weighted by Crippen LogP contribution is 2.37. The van der Waals surface area contributed by atoms with E-state index in [1.54, 1.807) is 20.0 Å². The molecule has 0 unspecified atom stereocenters. The van der Waals surface area contributed by atoms with Crippen LogP contribution in [0.3, 0.4) is 0 Å². The van der Waals surface area contributed by atoms with Gasteiger partial charge in [-0.05, 0) is 33.6 Å². The largest absolute Gasteiger partial charge is 0.369 e. The molecule has 2 heterocycles. The number of nitrogens with two attached hydrogens (primary N) is 1. The SMILES string of the molecule is Cc1cnc(Nc2sc(C(C)(C)C(N)=O)nc2Cl)nc1NC1CC1. The highest BCUT2D eigenvalue weighted by Gasteiger charge is 2.32. The average Bonchev–Trinajstić information content (AvgIpc) is 3.25. The summed E-state index contributed by atoms with van der Waals surface area (Å²) in [6.45, 7) is 5.39. The number of rotatable bonds is 6. The van der Waals surface area contributed by atoms with Gasteiger partial charge >= 0.3 is 0 Å². The quantitative estimate of drug-likeness (QED) is 0.725. The molecule has 1 fully saturated rings. The Bertz CT molecular complexity index is 786. The molecule has 0 atom stereocenters. The lowest BCUT2D eigenvalue weighted by molar-refractivity contribution is -0.122. The first-order chi connectivity index (χ1) is 11.3. The topological polar surface area (TPSA) is 106 Å². The third kappa shape index (κ3) is 3.44. The van der Waals surface area contributed by atoms with Gasteiger partial charge in [0.05, 0.1) is 5.41 Å². The Labute approximate surface area is 149 Å². The summed E-state index contributed by atoms with van der Waals surface area (Å²) in [7, 11) is 0. The molecule has 4 N–H and O–H groups in total. The minimum atomic E-state index is -0.888. The Hall–Kier alpha value is -1.93. The van der Waals surface area contributed by atoms with E-state index in [9.17, 15) is 4.79 Å². The number of aromatic nitrogens is 3. The van der Waals surface area contributed by atoms with Crippen LogP contribution in [-0.2, 0) is 10.2 Å². The molecule has 128 valence electrons. The molecule has 3 rings (SSSR count). The highest BCUT2D eigenvalue weighted by atomic mass is 35.5. The van der Waals surface area contributed by atoms with Gasteiger partial charge in [-0.2, -0.15) is 4.98 Å². The first-order valence-electron chi connectivity index (χ1n) is 7.61. The predicted molar refractivity (Wildman–Crippen MR) is 96.0 cm³/mol. The van der Waals surface area contributed by atoms with Crippen LogP contribution in [0.5, 0.6) is 0 Å². The summed E-state index contributed by atoms with van der Waals surface area (Å²) in [4.78, 5) is 24.6. The van der Waals surface area contributed by atoms with E-state index in [4.69, 9.17) is 17.3 Å². The summed E-state index contributed by atoms with van der Waals surface area (Å²) in [5, 5.41) is 7.85. The standard InChI is InChI=1S/C15H19ClN6OS/c1-7-6-18-14(21-10(7)19-8-4-5-8)22-11-9(16)20-13(24-11)15(2,3)12(17)23/h6,8H,4-5H2,1-3H3,(H2,17,23)(H2,18,19,21,22). The first-order valence-corrected chi connectivity index (χ1v) is 8.80. The van der Waals surface area contributed by atoms with Gasteiger partial charge in [0.2, 0.25) is 11.9 Å². The summed E-state index contributed by atoms with van der Waals surface area (Å²) < 4.78 is 0. The number of anilines is 3. The number of carbonyl (C=O) groups is 1. The summed E-state index contributed by atoms with van der Waals surface area (Å²) in [5.41, 5.74) is 5.53. The van der Waals surface area contributed by atoms with Crippen LogP contribution in [0.15, 0.2) is 6.20 Å². The maximum Gasteiger partial charge on any atom is 0.229 e. The maximum atomic E-state index is 11.6. The van der Waals surface area contributed by atoms with Gasteiger partial charge in [0.1, 0.15) is 15.8 Å². The average molecular weight is 367 g/mol. The molecule has 7 nitrogen and oxygen atoms in total. The zero-order valence-electron chi connectivity index (χ0n) is 13.7. The number of hydrogen-bond donors (Lipinski definition) is 3. The van der Waals surface area contributed by atoms with Gasteiger partial charge in [0.15, 0.2) is 5.15 Å². The molecule has 0 aliphatic heterocycles. The molecule has 1 amide bonds. The molecule has 0 spiro atoms. The molecule has 2 aromatic rings. The molecule has 0 saturated heterocycles. The van der Waals surface area contributed by atoms with Gasteiger partial charge < -0.3 is 16.4 Å². The van der Waals surface area contributed by atoms with Crippen LogP contribution in [0.1, 0.15) is 37.3 Å². The van der Waals surface area contributed by atoms with E-state index in [1.807, 2.05) is 6.92 Å². The first kappa shape index (κ1) is 16.9. The summed E-state index contributed by atoms with van der Waals surface area (Å²) in [6, 6.07) is 0.501. The molecule has 0 bridgehead atoms. The van der Waals surface area contributed by atoms with E-state index in [-0.39, 0.29) is 5.15 Å². The lowest BCUT2D eigenvalue weighted by atomic mass is 9.94. The Morgan fingerprint density at radius 3 is 2.75 bits per heavy atom. The number of thiazole rings is 1. The predicted octanol–water partition coefficient (Wildman–Crippen LogP) is 2.98. The second-order valence-corrected chi connectivity index (χ2v) is 7.75. The number of hydrogen-bond acceptors (Lipinski definition) is 7. The molecule has 2 aromatic heterocycles. The van der Waals surface area contributed by atoms with Crippen LogP contribution in [0.2, 0.25) is 5.15 Å². The van der Waals surface area contributed by atoms with Crippen molar-refractivity contribution in [1.29, 1.82) is 0 Å². The van der Waals surface area contributed by atoms with Crippen LogP contribution >= 0.6 is 22.9 Å². The van der Waals surface area contributed by atoms with Crippen molar-refractivity contribution in [3.05, 3.63) is 21.9 Å². The van der Waals surface area contributed by atoms with Crippen LogP contribution in [0.25, 0.3) is 0 Å². The van der Waals surface area contributed by atoms with Crippen molar-refractivity contribution in [2.45, 2.75) is 45.1 Å². The smallest absolute Gasteiger partial charge is 0.229 e. The Morgan fingerprint density at radius 1 is 1.42 bits per heavy atom. The van der Waals surface area contributed by atoms with E-state index >= 15 is 0 Å². The Balaban J connectivity index is 1.83. The summed E-state index contributed by atoms with van der Waals surface area (Å²) >= 11 is 7.45. The summed E-state index contributed by atoms with van der Waals surface area (Å²) in [6.07, 6.45) is 4.08. The van der Waals surface area contributed by atoms with Crippen LogP contribution in [-0.4, -0.2) is 26.9 Å². The number of primary amides is 1. The number of amides is 1. The van der Waals surface area contributed by atoms with Crippen LogP contribution < -0.4 is 16.4 Å². The van der Waals surface area contributed by atoms with E-state index in [0.717, 1.165) is 11.4 Å². The highest BCUT2D eigenvalue weighted by molar-refractivity contribution is 7.16. The zero-order chi connectivity index (χ0) is 17.5. The molecular weight excluding hydrogens is 348 g/mol. The van der Waals surface area contributed by atoms with Gasteiger partial charge in [-0.1, -0.05) is 22.9 Å². The van der Waals surface area contributed by atoms with Crippen molar-refractivity contribution < 1.29 is 4.79 Å². The van der Waals surface area contributed by atoms with Gasteiger partial charge in [-0.3, -0.25) is 4.79 Å². The molecule has 0 radical (unpaired) electrons. The molecule has 9 heteroatoms. The summed E-state index contributed by atoms with van der Waals surface area (Å²) in [5.74, 6) is 0.785. The van der Waals surface area contributed by atoms with Crippen molar-refractivity contribution >= 4 is 45.6 Å². The molecule has 1 aliphatic carbocycles. The fourth-order valence-electron chi connectivity index (χ4n) is 1.92. The zero-order valence-corrected chi connectivity index (χ0v) is 15.3. The van der Waals surface area contributed by atoms with E-state index in [1.165, 1.54) is 24.2 Å². The number of aryl methyl sites for hydroxylation is 1. The number of nitrogens with zero attached hydrogens (tertiary/aromatic N) is 3. The Kier molecular flexibility index (Phi) is 4.35. The Morgan fingerprint density at radius 2 is 2.12 bits per heavy atom. The van der Waals surface area contributed by atoms with Gasteiger partial charge in [0, 0.05) is 17.8 Å². The molecule has 1 aliphatic rings. The fraction of sp³-hybridized carbons (Fsp3) is 0.467. The second kappa shape index (κ2) is 6.18. The fourth-order valence-corrected chi connectivity index (χ4v) is 3.18. The minimum Gasteiger partial charge on any atom is -0.369 e. The van der Waals surface area contributed by atoms with Crippen molar-refractivity contribution in [2.75, 3.05) is 10.6 Å². The van der Waals surface area contributed by atoms with Gasteiger partial charge in [-0.15, -0.1) is 0 Å². The van der Waals surface area contributed by atoms with Crippen molar-refractivity contribution in [3.63, 3.8) is 0 Å². The van der Waals surface area contributed by atoms with Crippen LogP contribution in [0, 0.1) is 6.92 Å². The van der Waals surface area contributed by atoms with Gasteiger partial charge in [-0.25, -0.2) is 9.97 Å². The molecule has 24 heavy (non-hydrogen) atoms. The second-order valence-electron chi connectivity index (χ2n) is 6.40. The van der Waals surface area contributed by atoms with Crippen molar-refractivity contribution in [2.24, 2.45) is 5.73 Å². The van der Waals surface area contributed by atoms with E-state index in [2.05, 4.69) is 25.6 Å². The van der Waals surface area contributed by atoms with Crippen molar-refractivity contribution in [1.82, 2.24) is 15.0 Å². The lowest BCUT2D eigenvalue weighted by Crippen LogP contribution is -2.35. The molecule has 1 saturated carbocycles. The van der Waals surface area contributed by atoms with E-state index in [0.29, 0.717) is 22.0 Å². The van der Waals surface area contributed by atoms with E-state index < -0.39 is 11.3 Å². The maximum absolute atomic E-state index is 11.6. The normalized spacial score (nSPS) is 14.5. The number of nitrogens with one attached hydrogen (secondary N) is 2. The third-order valence-corrected chi connectivity index (χ3v) is 5.53. The van der Waals surface area contributed by atoms with Gasteiger partial charge in [0.25, 0.3) is 0 Å². The monoisotopic (exact) mass is 366 g/mol. The molecular formula is C15H19ClN6OS. The number of halogens is 1.